The molecule has 1 atom stereocenters. The molecule has 0 spiro atoms. The van der Waals surface area contributed by atoms with E-state index in [1.165, 1.54) is 5.56 Å². The number of likely N-dealkylation sites (tertiary alicyclic amines) is 1. The van der Waals surface area contributed by atoms with Gasteiger partial charge in [0.15, 0.2) is 5.76 Å². The van der Waals surface area contributed by atoms with Gasteiger partial charge in [0.25, 0.3) is 0 Å². The molecule has 0 bridgehead atoms. The maximum absolute atomic E-state index is 11.2. The van der Waals surface area contributed by atoms with Crippen molar-refractivity contribution in [3.05, 3.63) is 41.9 Å². The van der Waals surface area contributed by atoms with Gasteiger partial charge in [-0.2, -0.15) is 0 Å². The Bertz CT molecular complexity index is 633. The van der Waals surface area contributed by atoms with Crippen molar-refractivity contribution in [2.75, 3.05) is 6.54 Å². The number of aryl methyl sites for hydroxylation is 1. The van der Waals surface area contributed by atoms with Crippen LogP contribution >= 0.6 is 0 Å². The Labute approximate surface area is 123 Å². The summed E-state index contributed by atoms with van der Waals surface area (Å²) in [6, 6.07) is 7.63. The van der Waals surface area contributed by atoms with E-state index in [1.807, 2.05) is 36.1 Å². The van der Waals surface area contributed by atoms with Crippen LogP contribution in [-0.2, 0) is 11.3 Å². The van der Waals surface area contributed by atoms with E-state index in [-0.39, 0.29) is 0 Å². The van der Waals surface area contributed by atoms with Crippen LogP contribution in [0.2, 0.25) is 0 Å². The van der Waals surface area contributed by atoms with Crippen molar-refractivity contribution < 1.29 is 14.3 Å². The number of carboxylic acids is 1. The summed E-state index contributed by atoms with van der Waals surface area (Å²) in [6.45, 7) is 3.26. The Balaban J connectivity index is 1.73. The molecule has 5 nitrogen and oxygen atoms in total. The molecule has 3 rings (SSSR count). The lowest BCUT2D eigenvalue weighted by molar-refractivity contribution is -0.142. The fourth-order valence-corrected chi connectivity index (χ4v) is 2.70. The first-order chi connectivity index (χ1) is 10.1. The summed E-state index contributed by atoms with van der Waals surface area (Å²) in [5.74, 6) is 0.521. The van der Waals surface area contributed by atoms with E-state index >= 15 is 0 Å². The van der Waals surface area contributed by atoms with Crippen molar-refractivity contribution in [3.63, 3.8) is 0 Å². The van der Waals surface area contributed by atoms with Crippen LogP contribution in [-0.4, -0.2) is 33.5 Å². The Morgan fingerprint density at radius 1 is 1.43 bits per heavy atom. The molecular formula is C16H18N2O3. The van der Waals surface area contributed by atoms with Crippen LogP contribution in [0, 0.1) is 6.92 Å². The highest BCUT2D eigenvalue weighted by Crippen LogP contribution is 2.24. The molecule has 1 aliphatic rings. The highest BCUT2D eigenvalue weighted by molar-refractivity contribution is 5.73. The van der Waals surface area contributed by atoms with E-state index < -0.39 is 12.0 Å². The van der Waals surface area contributed by atoms with Crippen molar-refractivity contribution >= 4 is 5.97 Å². The summed E-state index contributed by atoms with van der Waals surface area (Å²) >= 11 is 0. The number of hydrogen-bond donors (Lipinski definition) is 1. The second-order valence-corrected chi connectivity index (χ2v) is 5.45. The monoisotopic (exact) mass is 286 g/mol. The number of carbonyl (C=O) groups is 1. The predicted molar refractivity (Wildman–Crippen MR) is 77.7 cm³/mol. The van der Waals surface area contributed by atoms with Gasteiger partial charge in [0.05, 0.1) is 12.7 Å². The molecule has 2 heterocycles. The SMILES string of the molecule is Cc1ccc(-c2cnc(CN3CCCC3C(=O)O)o2)cc1. The van der Waals surface area contributed by atoms with E-state index in [9.17, 15) is 9.90 Å². The van der Waals surface area contributed by atoms with Crippen LogP contribution in [0.1, 0.15) is 24.3 Å². The number of hydrogen-bond acceptors (Lipinski definition) is 4. The van der Waals surface area contributed by atoms with Gasteiger partial charge in [-0.05, 0) is 26.3 Å². The summed E-state index contributed by atoms with van der Waals surface area (Å²) in [5, 5.41) is 9.18. The molecule has 110 valence electrons. The predicted octanol–water partition coefficient (Wildman–Crippen LogP) is 2.70. The van der Waals surface area contributed by atoms with Crippen molar-refractivity contribution in [3.8, 4) is 11.3 Å². The van der Waals surface area contributed by atoms with Gasteiger partial charge < -0.3 is 9.52 Å². The third-order valence-corrected chi connectivity index (χ3v) is 3.88. The lowest BCUT2D eigenvalue weighted by atomic mass is 10.1. The van der Waals surface area contributed by atoms with Gasteiger partial charge in [0.2, 0.25) is 5.89 Å². The number of nitrogens with zero attached hydrogens (tertiary/aromatic N) is 2. The minimum absolute atomic E-state index is 0.417. The fourth-order valence-electron chi connectivity index (χ4n) is 2.70. The summed E-state index contributed by atoms with van der Waals surface area (Å²) < 4.78 is 5.75. The zero-order valence-corrected chi connectivity index (χ0v) is 12.0. The Morgan fingerprint density at radius 2 is 2.19 bits per heavy atom. The second-order valence-electron chi connectivity index (χ2n) is 5.45. The number of carboxylic acid groups (broad SMARTS) is 1. The molecule has 21 heavy (non-hydrogen) atoms. The Kier molecular flexibility index (Phi) is 3.75. The zero-order chi connectivity index (χ0) is 14.8. The summed E-state index contributed by atoms with van der Waals surface area (Å²) in [4.78, 5) is 17.3. The average molecular weight is 286 g/mol. The summed E-state index contributed by atoms with van der Waals surface area (Å²) in [7, 11) is 0. The van der Waals surface area contributed by atoms with Gasteiger partial charge in [0, 0.05) is 5.56 Å². The molecule has 1 aliphatic heterocycles. The second kappa shape index (κ2) is 5.69. The molecule has 0 saturated carbocycles. The quantitative estimate of drug-likeness (QED) is 0.936. The van der Waals surface area contributed by atoms with E-state index in [0.29, 0.717) is 18.9 Å². The van der Waals surface area contributed by atoms with Gasteiger partial charge in [0.1, 0.15) is 6.04 Å². The van der Waals surface area contributed by atoms with Crippen LogP contribution in [0.25, 0.3) is 11.3 Å². The molecule has 0 radical (unpaired) electrons. The van der Waals surface area contributed by atoms with E-state index in [2.05, 4.69) is 4.98 Å². The maximum atomic E-state index is 11.2. The van der Waals surface area contributed by atoms with E-state index in [0.717, 1.165) is 24.3 Å². The molecule has 1 unspecified atom stereocenters. The zero-order valence-electron chi connectivity index (χ0n) is 12.0. The topological polar surface area (TPSA) is 66.6 Å². The average Bonchev–Trinajstić information content (AvgIpc) is 3.09. The molecule has 1 saturated heterocycles. The molecule has 0 amide bonds. The van der Waals surface area contributed by atoms with Crippen molar-refractivity contribution in [2.45, 2.75) is 32.4 Å². The Morgan fingerprint density at radius 3 is 2.90 bits per heavy atom. The minimum atomic E-state index is -0.766. The van der Waals surface area contributed by atoms with Crippen LogP contribution in [0.4, 0.5) is 0 Å². The number of aliphatic carboxylic acids is 1. The highest BCUT2D eigenvalue weighted by Gasteiger charge is 2.31. The van der Waals surface area contributed by atoms with Gasteiger partial charge in [-0.3, -0.25) is 9.69 Å². The molecule has 0 aliphatic carbocycles. The normalized spacial score (nSPS) is 19.0. The molecular weight excluding hydrogens is 268 g/mol. The summed E-state index contributed by atoms with van der Waals surface area (Å²) in [5.41, 5.74) is 2.18. The molecule has 1 aromatic heterocycles. The summed E-state index contributed by atoms with van der Waals surface area (Å²) in [6.07, 6.45) is 3.30. The number of benzene rings is 1. The standard InChI is InChI=1S/C16H18N2O3/c1-11-4-6-12(7-5-11)14-9-17-15(21-14)10-18-8-2-3-13(18)16(19)20/h4-7,9,13H,2-3,8,10H2,1H3,(H,19,20). The van der Waals surface area contributed by atoms with Gasteiger partial charge in [-0.25, -0.2) is 4.98 Å². The van der Waals surface area contributed by atoms with Gasteiger partial charge in [-0.1, -0.05) is 29.8 Å². The first-order valence-corrected chi connectivity index (χ1v) is 7.12. The molecule has 1 aromatic carbocycles. The van der Waals surface area contributed by atoms with Crippen molar-refractivity contribution in [1.82, 2.24) is 9.88 Å². The number of oxazole rings is 1. The third-order valence-electron chi connectivity index (χ3n) is 3.88. The molecule has 1 N–H and O–H groups in total. The first kappa shape index (κ1) is 13.8. The van der Waals surface area contributed by atoms with E-state index in [1.54, 1.807) is 6.20 Å². The minimum Gasteiger partial charge on any atom is -0.480 e. The Hall–Kier alpha value is -2.14. The van der Waals surface area contributed by atoms with Crippen LogP contribution < -0.4 is 0 Å². The van der Waals surface area contributed by atoms with Gasteiger partial charge >= 0.3 is 5.97 Å². The van der Waals surface area contributed by atoms with E-state index in [4.69, 9.17) is 4.42 Å². The van der Waals surface area contributed by atoms with Gasteiger partial charge in [-0.15, -0.1) is 0 Å². The van der Waals surface area contributed by atoms with Crippen LogP contribution in [0.5, 0.6) is 0 Å². The lowest BCUT2D eigenvalue weighted by Gasteiger charge is -2.18. The largest absolute Gasteiger partial charge is 0.480 e. The third kappa shape index (κ3) is 2.97. The van der Waals surface area contributed by atoms with Crippen LogP contribution in [0.3, 0.4) is 0 Å². The molecule has 1 fully saturated rings. The van der Waals surface area contributed by atoms with Crippen LogP contribution in [0.15, 0.2) is 34.9 Å². The highest BCUT2D eigenvalue weighted by atomic mass is 16.4. The number of rotatable bonds is 4. The maximum Gasteiger partial charge on any atom is 0.320 e. The first-order valence-electron chi connectivity index (χ1n) is 7.12. The number of aromatic nitrogens is 1. The smallest absolute Gasteiger partial charge is 0.320 e. The molecule has 5 heteroatoms. The lowest BCUT2D eigenvalue weighted by Crippen LogP contribution is -2.35. The fraction of sp³-hybridized carbons (Fsp3) is 0.375. The van der Waals surface area contributed by atoms with Crippen molar-refractivity contribution in [1.29, 1.82) is 0 Å². The molecule has 2 aromatic rings. The van der Waals surface area contributed by atoms with Crippen molar-refractivity contribution in [2.24, 2.45) is 0 Å².